The molecule has 0 saturated carbocycles. The van der Waals surface area contributed by atoms with Crippen LogP contribution in [0, 0.1) is 0 Å². The maximum atomic E-state index is 5.59. The molecule has 2 aromatic rings. The van der Waals surface area contributed by atoms with Gasteiger partial charge in [-0.25, -0.2) is 0 Å². The summed E-state index contributed by atoms with van der Waals surface area (Å²) in [4.78, 5) is 0. The fourth-order valence-corrected chi connectivity index (χ4v) is 1.83. The molecule has 0 atom stereocenters. The quantitative estimate of drug-likeness (QED) is 0.802. The van der Waals surface area contributed by atoms with Crippen LogP contribution in [0.4, 0.5) is 0 Å². The number of benzene rings is 2. The highest BCUT2D eigenvalue weighted by molar-refractivity contribution is 9.10. The van der Waals surface area contributed by atoms with Gasteiger partial charge >= 0.3 is 0 Å². The molecule has 0 saturated heterocycles. The van der Waals surface area contributed by atoms with Crippen LogP contribution in [0.3, 0.4) is 0 Å². The van der Waals surface area contributed by atoms with E-state index in [1.165, 1.54) is 5.56 Å². The van der Waals surface area contributed by atoms with Crippen molar-refractivity contribution in [2.45, 2.75) is 0 Å². The Morgan fingerprint density at radius 2 is 1.82 bits per heavy atom. The molecule has 2 rings (SSSR count). The summed E-state index contributed by atoms with van der Waals surface area (Å²) >= 11 is 3.41. The van der Waals surface area contributed by atoms with E-state index < -0.39 is 0 Å². The third-order valence-corrected chi connectivity index (χ3v) is 2.75. The molecular weight excluding hydrogens is 276 g/mol. The van der Waals surface area contributed by atoms with Crippen LogP contribution in [0.2, 0.25) is 0 Å². The van der Waals surface area contributed by atoms with Gasteiger partial charge in [0.05, 0.1) is 0 Å². The molecule has 0 aliphatic rings. The molecule has 0 spiro atoms. The lowest BCUT2D eigenvalue weighted by Gasteiger charge is -2.02. The standard InChI is InChI=1S/C15H13BrO/c16-14-9-4-10-15(12-14)17-11-5-8-13-6-2-1-3-7-13/h1-10,12H,11H2. The predicted octanol–water partition coefficient (Wildman–Crippen LogP) is 4.54. The van der Waals surface area contributed by atoms with Crippen LogP contribution in [0.5, 0.6) is 5.75 Å². The van der Waals surface area contributed by atoms with E-state index in [0.717, 1.165) is 10.2 Å². The summed E-state index contributed by atoms with van der Waals surface area (Å²) in [6.07, 6.45) is 4.06. The van der Waals surface area contributed by atoms with Crippen LogP contribution in [0.15, 0.2) is 65.1 Å². The predicted molar refractivity (Wildman–Crippen MR) is 75.1 cm³/mol. The van der Waals surface area contributed by atoms with E-state index in [4.69, 9.17) is 4.74 Å². The average molecular weight is 289 g/mol. The molecule has 0 amide bonds. The van der Waals surface area contributed by atoms with Gasteiger partial charge in [0.2, 0.25) is 0 Å². The number of ether oxygens (including phenoxy) is 1. The summed E-state index contributed by atoms with van der Waals surface area (Å²) in [6, 6.07) is 18.0. The summed E-state index contributed by atoms with van der Waals surface area (Å²) in [5, 5.41) is 0. The normalized spacial score (nSPS) is 10.6. The van der Waals surface area contributed by atoms with Gasteiger partial charge in [0.25, 0.3) is 0 Å². The van der Waals surface area contributed by atoms with Gasteiger partial charge in [0.15, 0.2) is 0 Å². The minimum Gasteiger partial charge on any atom is -0.489 e. The van der Waals surface area contributed by atoms with Gasteiger partial charge in [0.1, 0.15) is 12.4 Å². The van der Waals surface area contributed by atoms with Crippen LogP contribution in [-0.4, -0.2) is 6.61 Å². The molecule has 0 aromatic heterocycles. The highest BCUT2D eigenvalue weighted by atomic mass is 79.9. The fourth-order valence-electron chi connectivity index (χ4n) is 1.45. The van der Waals surface area contributed by atoms with E-state index >= 15 is 0 Å². The Labute approximate surface area is 110 Å². The Bertz CT molecular complexity index is 491. The average Bonchev–Trinajstić information content (AvgIpc) is 2.36. The molecule has 0 fully saturated rings. The Balaban J connectivity index is 1.86. The van der Waals surface area contributed by atoms with Crippen molar-refractivity contribution in [2.24, 2.45) is 0 Å². The molecular formula is C15H13BrO. The Morgan fingerprint density at radius 3 is 2.59 bits per heavy atom. The third kappa shape index (κ3) is 4.08. The van der Waals surface area contributed by atoms with Crippen LogP contribution >= 0.6 is 15.9 Å². The zero-order chi connectivity index (χ0) is 11.9. The molecule has 86 valence electrons. The first-order chi connectivity index (χ1) is 8.34. The largest absolute Gasteiger partial charge is 0.489 e. The van der Waals surface area contributed by atoms with Crippen molar-refractivity contribution in [1.82, 2.24) is 0 Å². The van der Waals surface area contributed by atoms with E-state index in [0.29, 0.717) is 6.61 Å². The van der Waals surface area contributed by atoms with E-state index in [2.05, 4.69) is 34.1 Å². The molecule has 0 aliphatic carbocycles. The summed E-state index contributed by atoms with van der Waals surface area (Å²) in [5.41, 5.74) is 1.19. The number of rotatable bonds is 4. The Morgan fingerprint density at radius 1 is 1.00 bits per heavy atom. The highest BCUT2D eigenvalue weighted by Crippen LogP contribution is 2.17. The number of hydrogen-bond donors (Lipinski definition) is 0. The van der Waals surface area contributed by atoms with Gasteiger partial charge in [-0.15, -0.1) is 0 Å². The maximum absolute atomic E-state index is 5.59. The summed E-state index contributed by atoms with van der Waals surface area (Å²) < 4.78 is 6.62. The van der Waals surface area contributed by atoms with Crippen molar-refractivity contribution in [1.29, 1.82) is 0 Å². The zero-order valence-corrected chi connectivity index (χ0v) is 10.9. The van der Waals surface area contributed by atoms with Gasteiger partial charge in [-0.2, -0.15) is 0 Å². The first-order valence-electron chi connectivity index (χ1n) is 5.44. The van der Waals surface area contributed by atoms with Crippen molar-refractivity contribution in [3.63, 3.8) is 0 Å². The van der Waals surface area contributed by atoms with Crippen molar-refractivity contribution in [3.8, 4) is 5.75 Å². The molecule has 1 nitrogen and oxygen atoms in total. The van der Waals surface area contributed by atoms with Gasteiger partial charge in [-0.3, -0.25) is 0 Å². The SMILES string of the molecule is Brc1cccc(OCC=Cc2ccccc2)c1. The third-order valence-electron chi connectivity index (χ3n) is 2.25. The molecule has 2 aromatic carbocycles. The first-order valence-corrected chi connectivity index (χ1v) is 6.24. The second-order valence-electron chi connectivity index (χ2n) is 3.58. The van der Waals surface area contributed by atoms with Gasteiger partial charge in [-0.05, 0) is 29.8 Å². The smallest absolute Gasteiger partial charge is 0.120 e. The van der Waals surface area contributed by atoms with E-state index in [1.807, 2.05) is 48.5 Å². The Kier molecular flexibility index (Phi) is 4.39. The molecule has 0 bridgehead atoms. The second-order valence-corrected chi connectivity index (χ2v) is 4.50. The van der Waals surface area contributed by atoms with Crippen LogP contribution in [0.1, 0.15) is 5.56 Å². The lowest BCUT2D eigenvalue weighted by molar-refractivity contribution is 0.363. The van der Waals surface area contributed by atoms with Crippen molar-refractivity contribution >= 4 is 22.0 Å². The van der Waals surface area contributed by atoms with Gasteiger partial charge in [0, 0.05) is 4.47 Å². The lowest BCUT2D eigenvalue weighted by atomic mass is 10.2. The van der Waals surface area contributed by atoms with E-state index in [9.17, 15) is 0 Å². The van der Waals surface area contributed by atoms with E-state index in [1.54, 1.807) is 0 Å². The number of hydrogen-bond acceptors (Lipinski definition) is 1. The van der Waals surface area contributed by atoms with Crippen LogP contribution < -0.4 is 4.74 Å². The van der Waals surface area contributed by atoms with Crippen LogP contribution in [-0.2, 0) is 0 Å². The minimum absolute atomic E-state index is 0.575. The van der Waals surface area contributed by atoms with Crippen molar-refractivity contribution in [2.75, 3.05) is 6.61 Å². The molecule has 0 aliphatic heterocycles. The lowest BCUT2D eigenvalue weighted by Crippen LogP contribution is -1.92. The molecule has 0 radical (unpaired) electrons. The van der Waals surface area contributed by atoms with Crippen molar-refractivity contribution < 1.29 is 4.74 Å². The van der Waals surface area contributed by atoms with Gasteiger partial charge in [-0.1, -0.05) is 58.4 Å². The monoisotopic (exact) mass is 288 g/mol. The van der Waals surface area contributed by atoms with E-state index in [-0.39, 0.29) is 0 Å². The molecule has 0 N–H and O–H groups in total. The summed E-state index contributed by atoms with van der Waals surface area (Å²) in [5.74, 6) is 0.872. The van der Waals surface area contributed by atoms with Crippen molar-refractivity contribution in [3.05, 3.63) is 70.7 Å². The summed E-state index contributed by atoms with van der Waals surface area (Å²) in [7, 11) is 0. The topological polar surface area (TPSA) is 9.23 Å². The zero-order valence-electron chi connectivity index (χ0n) is 9.34. The van der Waals surface area contributed by atoms with Crippen LogP contribution in [0.25, 0.3) is 6.08 Å². The highest BCUT2D eigenvalue weighted by Gasteiger charge is 1.92. The molecule has 0 heterocycles. The maximum Gasteiger partial charge on any atom is 0.120 e. The van der Waals surface area contributed by atoms with Gasteiger partial charge < -0.3 is 4.74 Å². The minimum atomic E-state index is 0.575. The molecule has 2 heteroatoms. The molecule has 0 unspecified atom stereocenters. The fraction of sp³-hybridized carbons (Fsp3) is 0.0667. The molecule has 17 heavy (non-hydrogen) atoms. The Hall–Kier alpha value is -1.54. The summed E-state index contributed by atoms with van der Waals surface area (Å²) in [6.45, 7) is 0.575. The first kappa shape index (κ1) is 11.9. The second kappa shape index (κ2) is 6.26. The number of halogens is 1.